The Bertz CT molecular complexity index is 613. The Morgan fingerprint density at radius 2 is 1.79 bits per heavy atom. The number of nitrogens with two attached hydrogens (primary N) is 1. The summed E-state index contributed by atoms with van der Waals surface area (Å²) in [6.45, 7) is 0. The number of halogens is 1. The Kier molecular flexibility index (Phi) is 4.18. The molecule has 0 atom stereocenters. The molecule has 0 saturated carbocycles. The van der Waals surface area contributed by atoms with Gasteiger partial charge in [0.15, 0.2) is 5.82 Å². The van der Waals surface area contributed by atoms with Crippen LogP contribution in [0.4, 0.5) is 5.82 Å². The summed E-state index contributed by atoms with van der Waals surface area (Å²) in [5.74, 6) is 0.109. The molecular formula is C12H9BrN4OS. The molecule has 19 heavy (non-hydrogen) atoms. The van der Waals surface area contributed by atoms with Gasteiger partial charge in [0.2, 0.25) is 0 Å². The summed E-state index contributed by atoms with van der Waals surface area (Å²) in [5.41, 5.74) is 6.69. The van der Waals surface area contributed by atoms with Crippen molar-refractivity contribution in [1.29, 1.82) is 0 Å². The molecule has 0 saturated heterocycles. The molecule has 0 spiro atoms. The molecule has 1 aromatic carbocycles. The quantitative estimate of drug-likeness (QED) is 0.839. The molecule has 0 aliphatic heterocycles. The summed E-state index contributed by atoms with van der Waals surface area (Å²) >= 11 is 8.01. The number of nitrogens with one attached hydrogen (secondary N) is 1. The van der Waals surface area contributed by atoms with Crippen molar-refractivity contribution in [3.63, 3.8) is 0 Å². The maximum Gasteiger partial charge on any atom is 0.256 e. The Labute approximate surface area is 123 Å². The zero-order valence-electron chi connectivity index (χ0n) is 9.63. The SMILES string of the molecule is NC(=S)c1ccc(C(=O)Nc2cnc(Br)cn2)cc1. The summed E-state index contributed by atoms with van der Waals surface area (Å²) < 4.78 is 0.603. The van der Waals surface area contributed by atoms with Crippen LogP contribution in [0.3, 0.4) is 0 Å². The third kappa shape index (κ3) is 3.55. The molecule has 96 valence electrons. The molecule has 2 rings (SSSR count). The number of aromatic nitrogens is 2. The highest BCUT2D eigenvalue weighted by atomic mass is 79.9. The lowest BCUT2D eigenvalue weighted by Crippen LogP contribution is -2.14. The van der Waals surface area contributed by atoms with Gasteiger partial charge in [-0.15, -0.1) is 0 Å². The number of carbonyl (C=O) groups excluding carboxylic acids is 1. The monoisotopic (exact) mass is 336 g/mol. The van der Waals surface area contributed by atoms with E-state index in [0.717, 1.165) is 5.56 Å². The fourth-order valence-corrected chi connectivity index (χ4v) is 1.69. The number of anilines is 1. The zero-order valence-corrected chi connectivity index (χ0v) is 12.0. The van der Waals surface area contributed by atoms with Gasteiger partial charge in [-0.3, -0.25) is 4.79 Å². The van der Waals surface area contributed by atoms with Crippen LogP contribution in [0.2, 0.25) is 0 Å². The number of rotatable bonds is 3. The average Bonchev–Trinajstić information content (AvgIpc) is 2.41. The molecular weight excluding hydrogens is 328 g/mol. The van der Waals surface area contributed by atoms with Gasteiger partial charge in [0.25, 0.3) is 5.91 Å². The predicted octanol–water partition coefficient (Wildman–Crippen LogP) is 2.13. The fraction of sp³-hybridized carbons (Fsp3) is 0. The summed E-state index contributed by atoms with van der Waals surface area (Å²) in [6, 6.07) is 6.70. The van der Waals surface area contributed by atoms with Crippen LogP contribution in [0, 0.1) is 0 Å². The molecule has 0 radical (unpaired) electrons. The Morgan fingerprint density at radius 1 is 1.16 bits per heavy atom. The fourth-order valence-electron chi connectivity index (χ4n) is 1.35. The van der Waals surface area contributed by atoms with E-state index in [9.17, 15) is 4.79 Å². The zero-order chi connectivity index (χ0) is 13.8. The van der Waals surface area contributed by atoms with Crippen LogP contribution < -0.4 is 11.1 Å². The highest BCUT2D eigenvalue weighted by Crippen LogP contribution is 2.09. The molecule has 0 bridgehead atoms. The first-order valence-corrected chi connectivity index (χ1v) is 6.45. The van der Waals surface area contributed by atoms with Crippen molar-refractivity contribution in [2.75, 3.05) is 5.32 Å². The van der Waals surface area contributed by atoms with E-state index in [2.05, 4.69) is 31.2 Å². The van der Waals surface area contributed by atoms with Gasteiger partial charge in [-0.05, 0) is 28.1 Å². The minimum absolute atomic E-state index is 0.272. The van der Waals surface area contributed by atoms with E-state index in [1.165, 1.54) is 12.4 Å². The van der Waals surface area contributed by atoms with Gasteiger partial charge in [0.05, 0.1) is 12.4 Å². The highest BCUT2D eigenvalue weighted by Gasteiger charge is 2.07. The normalized spacial score (nSPS) is 9.95. The maximum atomic E-state index is 11.9. The van der Waals surface area contributed by atoms with Gasteiger partial charge < -0.3 is 11.1 Å². The molecule has 0 aliphatic rings. The van der Waals surface area contributed by atoms with E-state index in [4.69, 9.17) is 18.0 Å². The first-order chi connectivity index (χ1) is 9.06. The lowest BCUT2D eigenvalue weighted by atomic mass is 10.1. The first kappa shape index (κ1) is 13.6. The molecule has 3 N–H and O–H groups in total. The van der Waals surface area contributed by atoms with Crippen molar-refractivity contribution in [3.05, 3.63) is 52.4 Å². The molecule has 0 unspecified atom stereocenters. The van der Waals surface area contributed by atoms with Gasteiger partial charge in [0.1, 0.15) is 9.59 Å². The van der Waals surface area contributed by atoms with Gasteiger partial charge in [-0.1, -0.05) is 24.4 Å². The number of thiocarbonyl (C=S) groups is 1. The summed E-state index contributed by atoms with van der Waals surface area (Å²) in [5, 5.41) is 2.64. The van der Waals surface area contributed by atoms with Crippen LogP contribution in [0.5, 0.6) is 0 Å². The first-order valence-electron chi connectivity index (χ1n) is 5.25. The van der Waals surface area contributed by atoms with Gasteiger partial charge >= 0.3 is 0 Å². The number of amides is 1. The van der Waals surface area contributed by atoms with Gasteiger partial charge in [-0.25, -0.2) is 9.97 Å². The van der Waals surface area contributed by atoms with Crippen molar-refractivity contribution in [3.8, 4) is 0 Å². The van der Waals surface area contributed by atoms with E-state index in [0.29, 0.717) is 21.0 Å². The molecule has 1 aromatic heterocycles. The molecule has 2 aromatic rings. The third-order valence-electron chi connectivity index (χ3n) is 2.29. The third-order valence-corrected chi connectivity index (χ3v) is 2.94. The van der Waals surface area contributed by atoms with Crippen molar-refractivity contribution in [1.82, 2.24) is 9.97 Å². The van der Waals surface area contributed by atoms with Crippen molar-refractivity contribution in [2.24, 2.45) is 5.73 Å². The minimum atomic E-state index is -0.272. The number of benzene rings is 1. The van der Waals surface area contributed by atoms with Crippen molar-refractivity contribution < 1.29 is 4.79 Å². The number of hydrogen-bond acceptors (Lipinski definition) is 4. The molecule has 1 heterocycles. The lowest BCUT2D eigenvalue weighted by molar-refractivity contribution is 0.102. The largest absolute Gasteiger partial charge is 0.389 e. The van der Waals surface area contributed by atoms with Crippen molar-refractivity contribution >= 4 is 44.9 Å². The van der Waals surface area contributed by atoms with Crippen LogP contribution in [0.15, 0.2) is 41.3 Å². The second-order valence-corrected chi connectivity index (χ2v) is 4.87. The van der Waals surface area contributed by atoms with Crippen LogP contribution in [-0.2, 0) is 0 Å². The van der Waals surface area contributed by atoms with Gasteiger partial charge in [0, 0.05) is 11.1 Å². The second-order valence-electron chi connectivity index (χ2n) is 3.62. The van der Waals surface area contributed by atoms with Crippen LogP contribution in [0.1, 0.15) is 15.9 Å². The van der Waals surface area contributed by atoms with E-state index in [1.54, 1.807) is 24.3 Å². The Hall–Kier alpha value is -1.86. The van der Waals surface area contributed by atoms with Crippen LogP contribution in [0.25, 0.3) is 0 Å². The Morgan fingerprint density at radius 3 is 2.32 bits per heavy atom. The van der Waals surface area contributed by atoms with Crippen LogP contribution >= 0.6 is 28.1 Å². The van der Waals surface area contributed by atoms with E-state index in [-0.39, 0.29) is 5.91 Å². The molecule has 7 heteroatoms. The lowest BCUT2D eigenvalue weighted by Gasteiger charge is -2.05. The van der Waals surface area contributed by atoms with Crippen molar-refractivity contribution in [2.45, 2.75) is 0 Å². The summed E-state index contributed by atoms with van der Waals surface area (Å²) in [4.78, 5) is 20.2. The second kappa shape index (κ2) is 5.85. The summed E-state index contributed by atoms with van der Waals surface area (Å²) in [7, 11) is 0. The maximum absolute atomic E-state index is 11.9. The average molecular weight is 337 g/mol. The van der Waals surface area contributed by atoms with E-state index < -0.39 is 0 Å². The number of nitrogens with zero attached hydrogens (tertiary/aromatic N) is 2. The van der Waals surface area contributed by atoms with E-state index >= 15 is 0 Å². The van der Waals surface area contributed by atoms with E-state index in [1.807, 2.05) is 0 Å². The van der Waals surface area contributed by atoms with Gasteiger partial charge in [-0.2, -0.15) is 0 Å². The molecule has 0 aliphatic carbocycles. The predicted molar refractivity (Wildman–Crippen MR) is 80.0 cm³/mol. The summed E-state index contributed by atoms with van der Waals surface area (Å²) in [6.07, 6.45) is 2.97. The number of hydrogen-bond donors (Lipinski definition) is 2. The smallest absolute Gasteiger partial charge is 0.256 e. The van der Waals surface area contributed by atoms with Crippen LogP contribution in [-0.4, -0.2) is 20.9 Å². The molecule has 5 nitrogen and oxygen atoms in total. The topological polar surface area (TPSA) is 80.9 Å². The minimum Gasteiger partial charge on any atom is -0.389 e. The standard InChI is InChI=1S/C12H9BrN4OS/c13-9-5-16-10(6-15-9)17-12(18)8-3-1-7(2-4-8)11(14)19/h1-6H,(H2,14,19)(H,16,17,18). The molecule has 1 amide bonds. The Balaban J connectivity index is 2.11. The highest BCUT2D eigenvalue weighted by molar-refractivity contribution is 9.10. The number of carbonyl (C=O) groups is 1. The molecule has 0 fully saturated rings.